The Bertz CT molecular complexity index is 426. The third-order valence-corrected chi connectivity index (χ3v) is 3.50. The molecule has 1 unspecified atom stereocenters. The number of nitrogens with zero attached hydrogens (tertiary/aromatic N) is 2. The number of hydrogen-bond donors (Lipinski definition) is 1. The largest absolute Gasteiger partial charge is 0.370 e. The van der Waals surface area contributed by atoms with Crippen molar-refractivity contribution in [2.24, 2.45) is 10.7 Å². The first-order valence-electron chi connectivity index (χ1n) is 5.90. The molecule has 3 nitrogen and oxygen atoms in total. The molecule has 0 spiro atoms. The molecule has 0 amide bonds. The van der Waals surface area contributed by atoms with Gasteiger partial charge in [0.25, 0.3) is 0 Å². The fourth-order valence-corrected chi connectivity index (χ4v) is 2.00. The molecule has 0 heterocycles. The Hall–Kier alpha value is -1.22. The van der Waals surface area contributed by atoms with E-state index in [-0.39, 0.29) is 6.04 Å². The Morgan fingerprint density at radius 3 is 2.71 bits per heavy atom. The highest BCUT2D eigenvalue weighted by Gasteiger charge is 2.23. The molecule has 4 heteroatoms. The lowest BCUT2D eigenvalue weighted by Crippen LogP contribution is -2.36. The van der Waals surface area contributed by atoms with E-state index in [1.54, 1.807) is 0 Å². The summed E-state index contributed by atoms with van der Waals surface area (Å²) in [5.41, 5.74) is 7.05. The molecule has 2 rings (SSSR count). The molecule has 1 saturated carbocycles. The van der Waals surface area contributed by atoms with Gasteiger partial charge < -0.3 is 10.6 Å². The van der Waals surface area contributed by atoms with Crippen LogP contribution in [0.2, 0.25) is 5.02 Å². The highest BCUT2D eigenvalue weighted by atomic mass is 35.5. The van der Waals surface area contributed by atoms with Crippen molar-refractivity contribution in [2.75, 3.05) is 7.05 Å². The molecule has 1 aliphatic rings. The monoisotopic (exact) mass is 251 g/mol. The minimum Gasteiger partial charge on any atom is -0.370 e. The van der Waals surface area contributed by atoms with Gasteiger partial charge in [-0.2, -0.15) is 0 Å². The van der Waals surface area contributed by atoms with E-state index in [0.29, 0.717) is 12.0 Å². The molecule has 2 N–H and O–H groups in total. The summed E-state index contributed by atoms with van der Waals surface area (Å²) in [6.07, 6.45) is 2.32. The molecule has 0 bridgehead atoms. The fourth-order valence-electron chi connectivity index (χ4n) is 1.70. The maximum absolute atomic E-state index is 6.18. The van der Waals surface area contributed by atoms with Crippen molar-refractivity contribution < 1.29 is 0 Å². The van der Waals surface area contributed by atoms with E-state index in [0.717, 1.165) is 23.4 Å². The van der Waals surface area contributed by atoms with Crippen LogP contribution in [-0.2, 0) is 0 Å². The van der Waals surface area contributed by atoms with Gasteiger partial charge in [0.15, 0.2) is 5.96 Å². The smallest absolute Gasteiger partial charge is 0.191 e. The van der Waals surface area contributed by atoms with Crippen LogP contribution < -0.4 is 5.73 Å². The van der Waals surface area contributed by atoms with E-state index >= 15 is 0 Å². The predicted molar refractivity (Wildman–Crippen MR) is 72.3 cm³/mol. The number of guanidine groups is 1. The summed E-state index contributed by atoms with van der Waals surface area (Å²) >= 11 is 6.18. The molecule has 92 valence electrons. The molecule has 0 saturated heterocycles. The molecular formula is C13H18ClN3. The van der Waals surface area contributed by atoms with Gasteiger partial charge >= 0.3 is 0 Å². The number of nitrogens with two attached hydrogens (primary N) is 1. The third kappa shape index (κ3) is 2.91. The minimum absolute atomic E-state index is 0.131. The zero-order chi connectivity index (χ0) is 12.4. The van der Waals surface area contributed by atoms with Crippen LogP contribution in [0, 0.1) is 0 Å². The highest BCUT2D eigenvalue weighted by molar-refractivity contribution is 6.31. The summed E-state index contributed by atoms with van der Waals surface area (Å²) in [5, 5.41) is 0.770. The van der Waals surface area contributed by atoms with Crippen LogP contribution in [0.4, 0.5) is 0 Å². The minimum atomic E-state index is 0.131. The first-order valence-corrected chi connectivity index (χ1v) is 6.28. The first kappa shape index (κ1) is 12.2. The third-order valence-electron chi connectivity index (χ3n) is 3.16. The molecule has 0 aromatic heterocycles. The molecule has 1 aromatic rings. The Morgan fingerprint density at radius 1 is 1.47 bits per heavy atom. The fraction of sp³-hybridized carbons (Fsp3) is 0.462. The van der Waals surface area contributed by atoms with E-state index in [9.17, 15) is 0 Å². The molecule has 0 aliphatic heterocycles. The molecule has 1 aromatic carbocycles. The van der Waals surface area contributed by atoms with Crippen LogP contribution in [0.5, 0.6) is 0 Å². The van der Waals surface area contributed by atoms with Crippen molar-refractivity contribution in [3.8, 4) is 0 Å². The second-order valence-corrected chi connectivity index (χ2v) is 4.93. The predicted octanol–water partition coefficient (Wildman–Crippen LogP) is 2.81. The highest BCUT2D eigenvalue weighted by Crippen LogP contribution is 2.27. The van der Waals surface area contributed by atoms with Crippen LogP contribution in [0.1, 0.15) is 31.4 Å². The van der Waals surface area contributed by atoms with Crippen LogP contribution >= 0.6 is 11.6 Å². The van der Waals surface area contributed by atoms with E-state index in [1.165, 1.54) is 0 Å². The maximum atomic E-state index is 6.18. The van der Waals surface area contributed by atoms with Crippen molar-refractivity contribution in [1.29, 1.82) is 0 Å². The van der Waals surface area contributed by atoms with Gasteiger partial charge in [-0.15, -0.1) is 0 Å². The van der Waals surface area contributed by atoms with E-state index in [4.69, 9.17) is 17.3 Å². The van der Waals surface area contributed by atoms with Gasteiger partial charge in [0.2, 0.25) is 0 Å². The second-order valence-electron chi connectivity index (χ2n) is 4.53. The summed E-state index contributed by atoms with van der Waals surface area (Å²) in [5.74, 6) is 0.597. The summed E-state index contributed by atoms with van der Waals surface area (Å²) in [6, 6.07) is 8.41. The van der Waals surface area contributed by atoms with Crippen LogP contribution in [0.3, 0.4) is 0 Å². The quantitative estimate of drug-likeness (QED) is 0.663. The number of rotatable bonds is 3. The zero-order valence-electron chi connectivity index (χ0n) is 10.2. The Morgan fingerprint density at radius 2 is 2.12 bits per heavy atom. The number of aliphatic imine (C=N–C) groups is 1. The molecule has 0 radical (unpaired) electrons. The standard InChI is InChI=1S/C13H18ClN3/c1-9(11-5-3-4-6-12(11)14)17(2)13(15)16-10-7-8-10/h3-6,9-10H,7-8H2,1-2H3,(H2,15,16). The SMILES string of the molecule is CC(c1ccccc1Cl)N(C)C(N)=NC1CC1. The van der Waals surface area contributed by atoms with Gasteiger partial charge in [-0.1, -0.05) is 29.8 Å². The van der Waals surface area contributed by atoms with Gasteiger partial charge in [-0.25, -0.2) is 4.99 Å². The number of hydrogen-bond acceptors (Lipinski definition) is 1. The number of halogens is 1. The van der Waals surface area contributed by atoms with E-state index < -0.39 is 0 Å². The lowest BCUT2D eigenvalue weighted by molar-refractivity contribution is 0.396. The molecule has 1 aliphatic carbocycles. The summed E-state index contributed by atoms with van der Waals surface area (Å²) in [7, 11) is 1.95. The maximum Gasteiger partial charge on any atom is 0.191 e. The molecule has 1 fully saturated rings. The summed E-state index contributed by atoms with van der Waals surface area (Å²) < 4.78 is 0. The van der Waals surface area contributed by atoms with Gasteiger partial charge in [-0.3, -0.25) is 0 Å². The van der Waals surface area contributed by atoms with E-state index in [2.05, 4.69) is 11.9 Å². The van der Waals surface area contributed by atoms with Crippen LogP contribution in [0.25, 0.3) is 0 Å². The molecular weight excluding hydrogens is 234 g/mol. The lowest BCUT2D eigenvalue weighted by atomic mass is 10.1. The molecule has 1 atom stereocenters. The number of benzene rings is 1. The van der Waals surface area contributed by atoms with E-state index in [1.807, 2.05) is 36.2 Å². The topological polar surface area (TPSA) is 41.6 Å². The first-order chi connectivity index (χ1) is 8.09. The average molecular weight is 252 g/mol. The summed E-state index contributed by atoms with van der Waals surface area (Å²) in [6.45, 7) is 2.08. The Kier molecular flexibility index (Phi) is 3.57. The van der Waals surface area contributed by atoms with Crippen LogP contribution in [-0.4, -0.2) is 23.9 Å². The van der Waals surface area contributed by atoms with Gasteiger partial charge in [0.1, 0.15) is 0 Å². The normalized spacial score (nSPS) is 17.9. The Labute approximate surface area is 107 Å². The van der Waals surface area contributed by atoms with Gasteiger partial charge in [0, 0.05) is 12.1 Å². The van der Waals surface area contributed by atoms with Crippen molar-refractivity contribution >= 4 is 17.6 Å². The van der Waals surface area contributed by atoms with Crippen molar-refractivity contribution in [1.82, 2.24) is 4.90 Å². The average Bonchev–Trinajstić information content (AvgIpc) is 3.11. The zero-order valence-corrected chi connectivity index (χ0v) is 11.0. The van der Waals surface area contributed by atoms with Crippen molar-refractivity contribution in [2.45, 2.75) is 31.8 Å². The lowest BCUT2D eigenvalue weighted by Gasteiger charge is -2.26. The van der Waals surface area contributed by atoms with Crippen LogP contribution in [0.15, 0.2) is 29.3 Å². The van der Waals surface area contributed by atoms with Gasteiger partial charge in [-0.05, 0) is 31.4 Å². The Balaban J connectivity index is 2.13. The molecule has 17 heavy (non-hydrogen) atoms. The second kappa shape index (κ2) is 4.96. The van der Waals surface area contributed by atoms with Crippen molar-refractivity contribution in [3.05, 3.63) is 34.9 Å². The summed E-state index contributed by atoms with van der Waals surface area (Å²) in [4.78, 5) is 6.41. The van der Waals surface area contributed by atoms with Crippen molar-refractivity contribution in [3.63, 3.8) is 0 Å². The van der Waals surface area contributed by atoms with Gasteiger partial charge in [0.05, 0.1) is 12.1 Å².